The van der Waals surface area contributed by atoms with Crippen molar-refractivity contribution < 1.29 is 4.79 Å². The second-order valence-corrected chi connectivity index (χ2v) is 6.30. The molecular weight excluding hydrogens is 250 g/mol. The number of piperidine rings is 1. The molecule has 4 nitrogen and oxygen atoms in total. The minimum atomic E-state index is -0.165. The molecule has 1 saturated heterocycles. The molecule has 20 heavy (non-hydrogen) atoms. The van der Waals surface area contributed by atoms with E-state index in [0.29, 0.717) is 6.04 Å². The number of carbonyl (C=O) groups is 1. The molecule has 0 saturated carbocycles. The first-order chi connectivity index (χ1) is 9.55. The van der Waals surface area contributed by atoms with Crippen LogP contribution in [0, 0.1) is 5.41 Å². The Labute approximate surface area is 124 Å². The fraction of sp³-hybridized carbons (Fsp3) is 0.938. The van der Waals surface area contributed by atoms with Crippen LogP contribution in [0.25, 0.3) is 0 Å². The van der Waals surface area contributed by atoms with E-state index in [1.165, 1.54) is 0 Å². The van der Waals surface area contributed by atoms with Crippen molar-refractivity contribution >= 4 is 5.91 Å². The first kappa shape index (κ1) is 17.4. The smallest absolute Gasteiger partial charge is 0.227 e. The Kier molecular flexibility index (Phi) is 7.52. The molecule has 0 aromatic rings. The normalized spacial score (nSPS) is 24.6. The van der Waals surface area contributed by atoms with Crippen molar-refractivity contribution in [1.82, 2.24) is 15.5 Å². The number of hydrogen-bond donors (Lipinski definition) is 2. The average Bonchev–Trinajstić information content (AvgIpc) is 2.47. The molecule has 1 rings (SSSR count). The molecule has 1 heterocycles. The Morgan fingerprint density at radius 2 is 2.20 bits per heavy atom. The first-order valence-corrected chi connectivity index (χ1v) is 8.25. The van der Waals surface area contributed by atoms with Gasteiger partial charge in [-0.3, -0.25) is 4.79 Å². The van der Waals surface area contributed by atoms with Crippen molar-refractivity contribution in [3.8, 4) is 0 Å². The highest BCUT2D eigenvalue weighted by molar-refractivity contribution is 5.83. The van der Waals surface area contributed by atoms with Gasteiger partial charge in [0.2, 0.25) is 5.91 Å². The quantitative estimate of drug-likeness (QED) is 0.716. The zero-order valence-corrected chi connectivity index (χ0v) is 13.8. The molecule has 118 valence electrons. The summed E-state index contributed by atoms with van der Waals surface area (Å²) in [6.45, 7) is 10.2. The van der Waals surface area contributed by atoms with Crippen LogP contribution in [0.4, 0.5) is 0 Å². The van der Waals surface area contributed by atoms with E-state index in [0.717, 1.165) is 58.3 Å². The van der Waals surface area contributed by atoms with E-state index in [1.807, 2.05) is 0 Å². The number of rotatable bonds is 8. The summed E-state index contributed by atoms with van der Waals surface area (Å²) in [5, 5.41) is 6.56. The Morgan fingerprint density at radius 3 is 2.75 bits per heavy atom. The number of amides is 1. The van der Waals surface area contributed by atoms with Crippen molar-refractivity contribution in [2.75, 3.05) is 33.2 Å². The number of likely N-dealkylation sites (N-methyl/N-ethyl adjacent to an activating group) is 1. The first-order valence-electron chi connectivity index (χ1n) is 8.25. The summed E-state index contributed by atoms with van der Waals surface area (Å²) in [5.41, 5.74) is -0.165. The number of carbonyl (C=O) groups excluding carboxylic acids is 1. The third kappa shape index (κ3) is 4.74. The zero-order valence-electron chi connectivity index (χ0n) is 13.8. The van der Waals surface area contributed by atoms with E-state index < -0.39 is 0 Å². The fourth-order valence-electron chi connectivity index (χ4n) is 3.03. The lowest BCUT2D eigenvalue weighted by Crippen LogP contribution is -2.51. The second kappa shape index (κ2) is 8.63. The van der Waals surface area contributed by atoms with Gasteiger partial charge in [-0.2, -0.15) is 0 Å². The lowest BCUT2D eigenvalue weighted by Gasteiger charge is -2.36. The van der Waals surface area contributed by atoms with Crippen molar-refractivity contribution in [2.24, 2.45) is 5.41 Å². The van der Waals surface area contributed by atoms with Crippen LogP contribution < -0.4 is 10.6 Å². The van der Waals surface area contributed by atoms with E-state index in [4.69, 9.17) is 0 Å². The maximum atomic E-state index is 12.6. The van der Waals surface area contributed by atoms with Gasteiger partial charge in [0, 0.05) is 25.7 Å². The molecule has 0 spiro atoms. The van der Waals surface area contributed by atoms with Crippen molar-refractivity contribution in [3.05, 3.63) is 0 Å². The summed E-state index contributed by atoms with van der Waals surface area (Å²) in [5.74, 6) is 0.254. The van der Waals surface area contributed by atoms with Gasteiger partial charge in [-0.1, -0.05) is 20.3 Å². The summed E-state index contributed by atoms with van der Waals surface area (Å²) in [6, 6.07) is 0.577. The average molecular weight is 283 g/mol. The second-order valence-electron chi connectivity index (χ2n) is 6.30. The number of nitrogens with one attached hydrogen (secondary N) is 2. The van der Waals surface area contributed by atoms with E-state index in [-0.39, 0.29) is 11.3 Å². The predicted molar refractivity (Wildman–Crippen MR) is 84.8 cm³/mol. The summed E-state index contributed by atoms with van der Waals surface area (Å²) in [6.07, 6.45) is 5.35. The predicted octanol–water partition coefficient (Wildman–Crippen LogP) is 2.00. The molecule has 0 bridgehead atoms. The van der Waals surface area contributed by atoms with Gasteiger partial charge in [-0.15, -0.1) is 0 Å². The lowest BCUT2D eigenvalue weighted by atomic mass is 9.76. The Hall–Kier alpha value is -0.610. The molecule has 1 amide bonds. The van der Waals surface area contributed by atoms with Crippen molar-refractivity contribution in [3.63, 3.8) is 0 Å². The van der Waals surface area contributed by atoms with Gasteiger partial charge in [0.05, 0.1) is 5.41 Å². The summed E-state index contributed by atoms with van der Waals surface area (Å²) < 4.78 is 0. The fourth-order valence-corrected chi connectivity index (χ4v) is 3.03. The van der Waals surface area contributed by atoms with Gasteiger partial charge in [-0.25, -0.2) is 0 Å². The van der Waals surface area contributed by atoms with Gasteiger partial charge in [0.25, 0.3) is 0 Å². The highest BCUT2D eigenvalue weighted by Gasteiger charge is 2.38. The monoisotopic (exact) mass is 283 g/mol. The summed E-state index contributed by atoms with van der Waals surface area (Å²) in [7, 11) is 2.13. The van der Waals surface area contributed by atoms with Crippen molar-refractivity contribution in [1.29, 1.82) is 0 Å². The van der Waals surface area contributed by atoms with Gasteiger partial charge < -0.3 is 15.5 Å². The standard InChI is InChI=1S/C16H33N3O/c1-5-8-16(9-7-10-17-13-16)15(20)18-11-12-19(4)14(3)6-2/h14,17H,5-13H2,1-4H3,(H,18,20). The van der Waals surface area contributed by atoms with E-state index >= 15 is 0 Å². The molecular formula is C16H33N3O. The lowest BCUT2D eigenvalue weighted by molar-refractivity contribution is -0.132. The molecule has 0 radical (unpaired) electrons. The molecule has 0 aromatic heterocycles. The highest BCUT2D eigenvalue weighted by atomic mass is 16.2. The molecule has 2 atom stereocenters. The van der Waals surface area contributed by atoms with Crippen LogP contribution >= 0.6 is 0 Å². The van der Waals surface area contributed by atoms with Gasteiger partial charge >= 0.3 is 0 Å². The maximum Gasteiger partial charge on any atom is 0.227 e. The van der Waals surface area contributed by atoms with E-state index in [2.05, 4.69) is 43.4 Å². The largest absolute Gasteiger partial charge is 0.354 e. The zero-order chi connectivity index (χ0) is 15.0. The van der Waals surface area contributed by atoms with Gasteiger partial charge in [0.15, 0.2) is 0 Å². The van der Waals surface area contributed by atoms with E-state index in [9.17, 15) is 4.79 Å². The molecule has 0 aromatic carbocycles. The summed E-state index contributed by atoms with van der Waals surface area (Å²) in [4.78, 5) is 14.9. The van der Waals surface area contributed by atoms with E-state index in [1.54, 1.807) is 0 Å². The molecule has 1 fully saturated rings. The minimum absolute atomic E-state index is 0.165. The van der Waals surface area contributed by atoms with Crippen molar-refractivity contribution in [2.45, 2.75) is 58.9 Å². The molecule has 1 aliphatic rings. The number of hydrogen-bond acceptors (Lipinski definition) is 3. The maximum absolute atomic E-state index is 12.6. The van der Waals surface area contributed by atoms with Gasteiger partial charge in [-0.05, 0) is 46.2 Å². The van der Waals surface area contributed by atoms with Crippen LogP contribution in [-0.2, 0) is 4.79 Å². The van der Waals surface area contributed by atoms with Crippen LogP contribution in [0.3, 0.4) is 0 Å². The third-order valence-electron chi connectivity index (χ3n) is 4.78. The van der Waals surface area contributed by atoms with Crippen LogP contribution in [0.1, 0.15) is 52.9 Å². The SMILES string of the molecule is CCCC1(C(=O)NCCN(C)C(C)CC)CCCNC1. The topological polar surface area (TPSA) is 44.4 Å². The molecule has 2 N–H and O–H groups in total. The molecule has 2 unspecified atom stereocenters. The summed E-state index contributed by atoms with van der Waals surface area (Å²) >= 11 is 0. The van der Waals surface area contributed by atoms with Crippen LogP contribution in [0.5, 0.6) is 0 Å². The molecule has 4 heteroatoms. The Morgan fingerprint density at radius 1 is 1.45 bits per heavy atom. The Balaban J connectivity index is 2.42. The highest BCUT2D eigenvalue weighted by Crippen LogP contribution is 2.31. The molecule has 0 aliphatic carbocycles. The molecule has 1 aliphatic heterocycles. The van der Waals surface area contributed by atoms with Crippen LogP contribution in [0.15, 0.2) is 0 Å². The van der Waals surface area contributed by atoms with Crippen LogP contribution in [-0.4, -0.2) is 50.1 Å². The van der Waals surface area contributed by atoms with Crippen LogP contribution in [0.2, 0.25) is 0 Å². The number of nitrogens with zero attached hydrogens (tertiary/aromatic N) is 1. The minimum Gasteiger partial charge on any atom is -0.354 e. The van der Waals surface area contributed by atoms with Gasteiger partial charge in [0.1, 0.15) is 0 Å². The third-order valence-corrected chi connectivity index (χ3v) is 4.78. The Bertz CT molecular complexity index is 282.